The van der Waals surface area contributed by atoms with E-state index < -0.39 is 11.0 Å². The molecular formula is C18H31NO. The molecule has 114 valence electrons. The summed E-state index contributed by atoms with van der Waals surface area (Å²) >= 11 is 0. The van der Waals surface area contributed by atoms with Crippen molar-refractivity contribution in [2.24, 2.45) is 22.7 Å². The average molecular weight is 277 g/mol. The van der Waals surface area contributed by atoms with Crippen LogP contribution in [-0.4, -0.2) is 10.7 Å². The molecule has 2 aliphatic carbocycles. The van der Waals surface area contributed by atoms with Gasteiger partial charge in [0.05, 0.1) is 17.1 Å². The highest BCUT2D eigenvalue weighted by molar-refractivity contribution is 5.18. The second kappa shape index (κ2) is 5.34. The normalized spacial score (nSPS) is 41.4. The van der Waals surface area contributed by atoms with Gasteiger partial charge in [-0.1, -0.05) is 40.5 Å². The Bertz CT molecular complexity index is 385. The zero-order valence-corrected chi connectivity index (χ0v) is 13.7. The van der Waals surface area contributed by atoms with Gasteiger partial charge in [0.25, 0.3) is 0 Å². The molecule has 20 heavy (non-hydrogen) atoms. The maximum absolute atomic E-state index is 11.5. The van der Waals surface area contributed by atoms with Crippen LogP contribution in [0.25, 0.3) is 0 Å². The lowest BCUT2D eigenvalue weighted by Gasteiger charge is -2.56. The van der Waals surface area contributed by atoms with Gasteiger partial charge < -0.3 is 5.11 Å². The highest BCUT2D eigenvalue weighted by Crippen LogP contribution is 2.58. The van der Waals surface area contributed by atoms with Gasteiger partial charge in [-0.15, -0.1) is 0 Å². The van der Waals surface area contributed by atoms with Gasteiger partial charge in [-0.3, -0.25) is 0 Å². The lowest BCUT2D eigenvalue weighted by atomic mass is 9.50. The fourth-order valence-corrected chi connectivity index (χ4v) is 4.80. The maximum atomic E-state index is 11.5. The van der Waals surface area contributed by atoms with E-state index in [-0.39, 0.29) is 5.41 Å². The third-order valence-electron chi connectivity index (χ3n) is 6.54. The molecule has 0 amide bonds. The quantitative estimate of drug-likeness (QED) is 0.797. The summed E-state index contributed by atoms with van der Waals surface area (Å²) < 4.78 is 0. The molecule has 1 atom stereocenters. The van der Waals surface area contributed by atoms with Gasteiger partial charge >= 0.3 is 0 Å². The zero-order valence-electron chi connectivity index (χ0n) is 13.7. The Kier molecular flexibility index (Phi) is 4.22. The van der Waals surface area contributed by atoms with Crippen LogP contribution in [0.15, 0.2) is 0 Å². The molecule has 0 heterocycles. The first-order valence-electron chi connectivity index (χ1n) is 8.42. The zero-order chi connectivity index (χ0) is 15.0. The van der Waals surface area contributed by atoms with Crippen molar-refractivity contribution in [3.63, 3.8) is 0 Å². The summed E-state index contributed by atoms with van der Waals surface area (Å²) in [6, 6.07) is 2.59. The van der Waals surface area contributed by atoms with Crippen molar-refractivity contribution >= 4 is 0 Å². The van der Waals surface area contributed by atoms with Gasteiger partial charge in [-0.25, -0.2) is 0 Å². The summed E-state index contributed by atoms with van der Waals surface area (Å²) in [6.07, 6.45) is 8.06. The van der Waals surface area contributed by atoms with Crippen LogP contribution in [0.4, 0.5) is 0 Å². The first kappa shape index (κ1) is 15.8. The van der Waals surface area contributed by atoms with Gasteiger partial charge in [-0.05, 0) is 55.8 Å². The van der Waals surface area contributed by atoms with Crippen LogP contribution in [0.1, 0.15) is 79.1 Å². The topological polar surface area (TPSA) is 44.0 Å². The van der Waals surface area contributed by atoms with Crippen LogP contribution in [-0.2, 0) is 0 Å². The van der Waals surface area contributed by atoms with E-state index in [4.69, 9.17) is 0 Å². The third kappa shape index (κ3) is 2.29. The van der Waals surface area contributed by atoms with E-state index in [9.17, 15) is 10.4 Å². The fraction of sp³-hybridized carbons (Fsp3) is 0.944. The summed E-state index contributed by atoms with van der Waals surface area (Å²) in [7, 11) is 0. The number of hydrogen-bond acceptors (Lipinski definition) is 2. The monoisotopic (exact) mass is 277 g/mol. The van der Waals surface area contributed by atoms with Crippen molar-refractivity contribution in [1.29, 1.82) is 5.26 Å². The molecule has 2 nitrogen and oxygen atoms in total. The first-order chi connectivity index (χ1) is 9.28. The number of nitriles is 1. The van der Waals surface area contributed by atoms with Crippen molar-refractivity contribution in [1.82, 2.24) is 0 Å². The fourth-order valence-electron chi connectivity index (χ4n) is 4.80. The van der Waals surface area contributed by atoms with E-state index in [2.05, 4.69) is 33.8 Å². The maximum Gasteiger partial charge on any atom is 0.0883 e. The predicted molar refractivity (Wildman–Crippen MR) is 82.0 cm³/mol. The SMILES string of the molecule is CC(C)C1CCC(C#N)(C2(O)CCCCC2(C)C)CC1. The third-order valence-corrected chi connectivity index (χ3v) is 6.54. The molecule has 0 bridgehead atoms. The Morgan fingerprint density at radius 3 is 2.05 bits per heavy atom. The Hall–Kier alpha value is -0.550. The molecule has 0 aromatic rings. The average Bonchev–Trinajstić information content (AvgIpc) is 2.42. The largest absolute Gasteiger partial charge is 0.388 e. The lowest BCUT2D eigenvalue weighted by molar-refractivity contribution is -0.177. The van der Waals surface area contributed by atoms with Crippen LogP contribution in [0.5, 0.6) is 0 Å². The molecular weight excluding hydrogens is 246 g/mol. The van der Waals surface area contributed by atoms with Crippen molar-refractivity contribution < 1.29 is 5.11 Å². The van der Waals surface area contributed by atoms with E-state index in [0.717, 1.165) is 50.9 Å². The van der Waals surface area contributed by atoms with Crippen LogP contribution >= 0.6 is 0 Å². The van der Waals surface area contributed by atoms with Gasteiger partial charge in [0.15, 0.2) is 0 Å². The molecule has 2 rings (SSSR count). The van der Waals surface area contributed by atoms with E-state index in [0.29, 0.717) is 5.92 Å². The molecule has 1 N–H and O–H groups in total. The highest BCUT2D eigenvalue weighted by Gasteiger charge is 2.60. The van der Waals surface area contributed by atoms with Crippen LogP contribution in [0, 0.1) is 34.0 Å². The molecule has 2 aliphatic rings. The smallest absolute Gasteiger partial charge is 0.0883 e. The molecule has 0 saturated heterocycles. The molecule has 0 spiro atoms. The Morgan fingerprint density at radius 1 is 1.05 bits per heavy atom. The molecule has 0 radical (unpaired) electrons. The number of aliphatic hydroxyl groups is 1. The van der Waals surface area contributed by atoms with Gasteiger partial charge in [0, 0.05) is 0 Å². The summed E-state index contributed by atoms with van der Waals surface area (Å²) in [5, 5.41) is 21.4. The minimum absolute atomic E-state index is 0.133. The Labute approximate surface area is 124 Å². The van der Waals surface area contributed by atoms with Gasteiger partial charge in [-0.2, -0.15) is 5.26 Å². The molecule has 2 heteroatoms. The van der Waals surface area contributed by atoms with E-state index in [1.807, 2.05) is 0 Å². The Morgan fingerprint density at radius 2 is 1.60 bits per heavy atom. The minimum atomic E-state index is -0.797. The van der Waals surface area contributed by atoms with E-state index in [1.165, 1.54) is 6.42 Å². The van der Waals surface area contributed by atoms with E-state index >= 15 is 0 Å². The van der Waals surface area contributed by atoms with Crippen molar-refractivity contribution in [3.8, 4) is 6.07 Å². The molecule has 2 fully saturated rings. The van der Waals surface area contributed by atoms with Crippen LogP contribution in [0.3, 0.4) is 0 Å². The molecule has 0 aromatic carbocycles. The standard InChI is InChI=1S/C18H31NO/c1-14(2)15-7-11-17(13-19,12-8-15)18(20)10-6-5-9-16(18,3)4/h14-15,20H,5-12H2,1-4H3. The first-order valence-corrected chi connectivity index (χ1v) is 8.42. The summed E-state index contributed by atoms with van der Waals surface area (Å²) in [5.74, 6) is 1.42. The molecule has 1 unspecified atom stereocenters. The van der Waals surface area contributed by atoms with Gasteiger partial charge in [0.1, 0.15) is 0 Å². The molecule has 2 saturated carbocycles. The summed E-state index contributed by atoms with van der Waals surface area (Å²) in [5.41, 5.74) is -1.44. The van der Waals surface area contributed by atoms with Gasteiger partial charge in [0.2, 0.25) is 0 Å². The van der Waals surface area contributed by atoms with Crippen LogP contribution < -0.4 is 0 Å². The second-order valence-electron chi connectivity index (χ2n) is 8.23. The Balaban J connectivity index is 2.26. The molecule has 0 aromatic heterocycles. The van der Waals surface area contributed by atoms with Crippen molar-refractivity contribution in [3.05, 3.63) is 0 Å². The van der Waals surface area contributed by atoms with Crippen LogP contribution in [0.2, 0.25) is 0 Å². The highest BCUT2D eigenvalue weighted by atomic mass is 16.3. The lowest BCUT2D eigenvalue weighted by Crippen LogP contribution is -2.59. The molecule has 0 aliphatic heterocycles. The van der Waals surface area contributed by atoms with E-state index in [1.54, 1.807) is 0 Å². The summed E-state index contributed by atoms with van der Waals surface area (Å²) in [6.45, 7) is 8.90. The number of nitrogens with zero attached hydrogens (tertiary/aromatic N) is 1. The number of rotatable bonds is 2. The number of hydrogen-bond donors (Lipinski definition) is 1. The minimum Gasteiger partial charge on any atom is -0.388 e. The second-order valence-corrected chi connectivity index (χ2v) is 8.23. The van der Waals surface area contributed by atoms with Crippen molar-refractivity contribution in [2.45, 2.75) is 84.7 Å². The summed E-state index contributed by atoms with van der Waals surface area (Å²) in [4.78, 5) is 0. The predicted octanol–water partition coefficient (Wildman–Crippen LogP) is 4.67. The van der Waals surface area contributed by atoms with Crippen molar-refractivity contribution in [2.75, 3.05) is 0 Å².